The zero-order valence-electron chi connectivity index (χ0n) is 11.1. The minimum absolute atomic E-state index is 0.0217. The molecule has 0 aliphatic rings. The molecule has 0 spiro atoms. The van der Waals surface area contributed by atoms with E-state index in [4.69, 9.17) is 0 Å². The number of nitrogens with zero attached hydrogens (tertiary/aromatic N) is 1. The Kier molecular flexibility index (Phi) is 3.74. The van der Waals surface area contributed by atoms with Crippen LogP contribution in [0.3, 0.4) is 0 Å². The van der Waals surface area contributed by atoms with Crippen molar-refractivity contribution >= 4 is 15.8 Å². The summed E-state index contributed by atoms with van der Waals surface area (Å²) in [4.78, 5) is 1.38. The Labute approximate surface area is 118 Å². The smallest absolute Gasteiger partial charge is 0.356 e. The van der Waals surface area contributed by atoms with Crippen LogP contribution in [0.1, 0.15) is 31.2 Å². The van der Waals surface area contributed by atoms with E-state index < -0.39 is 26.8 Å². The molecule has 2 aromatic heterocycles. The highest BCUT2D eigenvalue weighted by Gasteiger charge is 2.34. The second kappa shape index (κ2) is 5.10. The molecule has 0 fully saturated rings. The first-order valence-electron chi connectivity index (χ1n) is 5.93. The molecule has 0 aliphatic heterocycles. The summed E-state index contributed by atoms with van der Waals surface area (Å²) >= 11 is 0. The molecule has 0 unspecified atom stereocenters. The average molecular weight is 322 g/mol. The van der Waals surface area contributed by atoms with E-state index in [9.17, 15) is 21.6 Å². The van der Waals surface area contributed by atoms with Gasteiger partial charge >= 0.3 is 6.18 Å². The molecule has 0 aromatic carbocycles. The van der Waals surface area contributed by atoms with Crippen LogP contribution in [-0.4, -0.2) is 23.6 Å². The number of aromatic amines is 2. The van der Waals surface area contributed by atoms with E-state index in [1.54, 1.807) is 0 Å². The first kappa shape index (κ1) is 15.4. The second-order valence-corrected chi connectivity index (χ2v) is 6.40. The third-order valence-electron chi connectivity index (χ3n) is 2.73. The van der Waals surface area contributed by atoms with Crippen molar-refractivity contribution < 1.29 is 21.6 Å². The lowest BCUT2D eigenvalue weighted by Gasteiger charge is -2.03. The average Bonchev–Trinajstić information content (AvgIpc) is 2.94. The maximum atomic E-state index is 12.4. The van der Waals surface area contributed by atoms with Crippen LogP contribution in [0.15, 0.2) is 23.2 Å². The molecule has 0 bridgehead atoms. The van der Waals surface area contributed by atoms with Gasteiger partial charge < -0.3 is 4.98 Å². The molecule has 0 atom stereocenters. The maximum Gasteiger partial charge on any atom is 0.431 e. The highest BCUT2D eigenvalue weighted by atomic mass is 32.2. The molecular formula is C11H13F3N4O2S. The molecule has 21 heavy (non-hydrogen) atoms. The first-order valence-corrected chi connectivity index (χ1v) is 7.41. The summed E-state index contributed by atoms with van der Waals surface area (Å²) in [6, 6.07) is 2.01. The van der Waals surface area contributed by atoms with E-state index in [0.29, 0.717) is 11.8 Å². The van der Waals surface area contributed by atoms with Crippen LogP contribution in [0.4, 0.5) is 19.0 Å². The summed E-state index contributed by atoms with van der Waals surface area (Å²) in [5.74, 6) is 0.133. The van der Waals surface area contributed by atoms with E-state index >= 15 is 0 Å². The number of sulfonamides is 1. The van der Waals surface area contributed by atoms with Crippen molar-refractivity contribution in [3.05, 3.63) is 29.7 Å². The summed E-state index contributed by atoms with van der Waals surface area (Å²) in [5, 5.41) is 6.40. The van der Waals surface area contributed by atoms with Crippen molar-refractivity contribution in [2.24, 2.45) is 0 Å². The van der Waals surface area contributed by atoms with Gasteiger partial charge in [0.15, 0.2) is 5.82 Å². The molecule has 0 amide bonds. The normalized spacial score (nSPS) is 12.9. The van der Waals surface area contributed by atoms with Gasteiger partial charge in [-0.3, -0.25) is 9.82 Å². The molecule has 0 aliphatic carbocycles. The number of alkyl halides is 3. The predicted octanol–water partition coefficient (Wildman–Crippen LogP) is 2.68. The molecule has 2 rings (SSSR count). The van der Waals surface area contributed by atoms with Crippen molar-refractivity contribution in [2.45, 2.75) is 30.8 Å². The Balaban J connectivity index is 2.23. The molecule has 2 aromatic rings. The summed E-state index contributed by atoms with van der Waals surface area (Å²) in [5.41, 5.74) is -0.425. The summed E-state index contributed by atoms with van der Waals surface area (Å²) < 4.78 is 63.4. The van der Waals surface area contributed by atoms with E-state index in [-0.39, 0.29) is 11.7 Å². The fourth-order valence-electron chi connectivity index (χ4n) is 1.57. The lowest BCUT2D eigenvalue weighted by Crippen LogP contribution is -2.12. The summed E-state index contributed by atoms with van der Waals surface area (Å²) in [6.45, 7) is 3.76. The minimum Gasteiger partial charge on any atom is -0.356 e. The molecule has 2 heterocycles. The SMILES string of the molecule is CC(C)c1cc(NS(=O)(=O)c2c[nH]c(C(F)(F)F)c2)n[nH]1. The third kappa shape index (κ3) is 3.38. The van der Waals surface area contributed by atoms with Gasteiger partial charge in [0.05, 0.1) is 0 Å². The molecule has 10 heteroatoms. The molecule has 116 valence electrons. The number of hydrogen-bond donors (Lipinski definition) is 3. The molecule has 0 radical (unpaired) electrons. The highest BCUT2D eigenvalue weighted by molar-refractivity contribution is 7.92. The van der Waals surface area contributed by atoms with E-state index in [0.717, 1.165) is 6.20 Å². The van der Waals surface area contributed by atoms with Gasteiger partial charge in [0, 0.05) is 18.0 Å². The Hall–Kier alpha value is -1.97. The first-order chi connectivity index (χ1) is 9.59. The molecule has 0 saturated heterocycles. The van der Waals surface area contributed by atoms with Gasteiger partial charge in [0.25, 0.3) is 10.0 Å². The predicted molar refractivity (Wildman–Crippen MR) is 69.3 cm³/mol. The lowest BCUT2D eigenvalue weighted by atomic mass is 10.1. The van der Waals surface area contributed by atoms with Gasteiger partial charge in [-0.2, -0.15) is 18.3 Å². The molecular weight excluding hydrogens is 309 g/mol. The van der Waals surface area contributed by atoms with Crippen LogP contribution in [-0.2, 0) is 16.2 Å². The fourth-order valence-corrected chi connectivity index (χ4v) is 2.56. The molecule has 0 saturated carbocycles. The number of nitrogens with one attached hydrogen (secondary N) is 3. The summed E-state index contributed by atoms with van der Waals surface area (Å²) in [6.07, 6.45) is -3.86. The topological polar surface area (TPSA) is 90.6 Å². The third-order valence-corrected chi connectivity index (χ3v) is 4.07. The van der Waals surface area contributed by atoms with Crippen molar-refractivity contribution in [3.8, 4) is 0 Å². The van der Waals surface area contributed by atoms with Crippen LogP contribution >= 0.6 is 0 Å². The van der Waals surface area contributed by atoms with Crippen LogP contribution in [0.25, 0.3) is 0 Å². The monoisotopic (exact) mass is 322 g/mol. The van der Waals surface area contributed by atoms with Gasteiger partial charge in [0.2, 0.25) is 0 Å². The van der Waals surface area contributed by atoms with Crippen LogP contribution < -0.4 is 4.72 Å². The quantitative estimate of drug-likeness (QED) is 0.808. The minimum atomic E-state index is -4.63. The summed E-state index contributed by atoms with van der Waals surface area (Å²) in [7, 11) is -4.13. The lowest BCUT2D eigenvalue weighted by molar-refractivity contribution is -0.140. The Morgan fingerprint density at radius 1 is 1.29 bits per heavy atom. The zero-order valence-corrected chi connectivity index (χ0v) is 11.9. The fraction of sp³-hybridized carbons (Fsp3) is 0.364. The molecule has 6 nitrogen and oxygen atoms in total. The van der Waals surface area contributed by atoms with Crippen molar-refractivity contribution in [2.75, 3.05) is 4.72 Å². The van der Waals surface area contributed by atoms with Gasteiger partial charge in [-0.1, -0.05) is 13.8 Å². The van der Waals surface area contributed by atoms with Crippen molar-refractivity contribution in [3.63, 3.8) is 0 Å². The van der Waals surface area contributed by atoms with E-state index in [2.05, 4.69) is 14.9 Å². The number of anilines is 1. The Morgan fingerprint density at radius 2 is 1.95 bits per heavy atom. The molecule has 3 N–H and O–H groups in total. The number of hydrogen-bond acceptors (Lipinski definition) is 3. The number of rotatable bonds is 4. The van der Waals surface area contributed by atoms with Crippen LogP contribution in [0, 0.1) is 0 Å². The van der Waals surface area contributed by atoms with Gasteiger partial charge in [-0.05, 0) is 12.0 Å². The van der Waals surface area contributed by atoms with Gasteiger partial charge in [-0.25, -0.2) is 8.42 Å². The van der Waals surface area contributed by atoms with E-state index in [1.165, 1.54) is 6.07 Å². The van der Waals surface area contributed by atoms with Gasteiger partial charge in [0.1, 0.15) is 10.6 Å². The number of halogens is 3. The van der Waals surface area contributed by atoms with E-state index in [1.807, 2.05) is 18.8 Å². The van der Waals surface area contributed by atoms with Crippen LogP contribution in [0.5, 0.6) is 0 Å². The Morgan fingerprint density at radius 3 is 2.43 bits per heavy atom. The zero-order chi connectivity index (χ0) is 15.8. The van der Waals surface area contributed by atoms with Gasteiger partial charge in [-0.15, -0.1) is 0 Å². The van der Waals surface area contributed by atoms with Crippen molar-refractivity contribution in [1.82, 2.24) is 15.2 Å². The van der Waals surface area contributed by atoms with Crippen LogP contribution in [0.2, 0.25) is 0 Å². The standard InChI is InChI=1S/C11H13F3N4O2S/c1-6(2)8-4-10(17-16-8)18-21(19,20)7-3-9(15-5-7)11(12,13)14/h3-6,15H,1-2H3,(H2,16,17,18). The van der Waals surface area contributed by atoms with Crippen molar-refractivity contribution in [1.29, 1.82) is 0 Å². The number of aromatic nitrogens is 3. The largest absolute Gasteiger partial charge is 0.431 e. The number of H-pyrrole nitrogens is 2. The maximum absolute atomic E-state index is 12.4. The second-order valence-electron chi connectivity index (χ2n) is 4.72. The highest BCUT2D eigenvalue weighted by Crippen LogP contribution is 2.30. The Bertz CT molecular complexity index is 731.